The fraction of sp³-hybridized carbons (Fsp3) is 0.647. The molecule has 6 heteroatoms. The molecule has 0 unspecified atom stereocenters. The average Bonchev–Trinajstić information content (AvgIpc) is 2.49. The third kappa shape index (κ3) is 4.46. The molecule has 0 spiro atoms. The summed E-state index contributed by atoms with van der Waals surface area (Å²) in [6.07, 6.45) is 2.06. The molecule has 0 radical (unpaired) electrons. The zero-order valence-electron chi connectivity index (χ0n) is 14.5. The van der Waals surface area contributed by atoms with E-state index in [1.54, 1.807) is 22.5 Å². The van der Waals surface area contributed by atoms with E-state index in [1.165, 1.54) is 0 Å². The second-order valence-corrected chi connectivity index (χ2v) is 8.46. The van der Waals surface area contributed by atoms with Gasteiger partial charge in [0.05, 0.1) is 11.0 Å². The Hall–Kier alpha value is -1.11. The van der Waals surface area contributed by atoms with Crippen LogP contribution in [0.15, 0.2) is 23.1 Å². The number of sulfonamides is 1. The first-order chi connectivity index (χ1) is 10.8. The highest BCUT2D eigenvalue weighted by atomic mass is 32.2. The largest absolute Gasteiger partial charge is 0.491 e. The van der Waals surface area contributed by atoms with E-state index in [0.29, 0.717) is 23.9 Å². The first-order valence-corrected chi connectivity index (χ1v) is 9.70. The van der Waals surface area contributed by atoms with E-state index in [4.69, 9.17) is 4.74 Å². The molecule has 1 aliphatic heterocycles. The molecule has 1 atom stereocenters. The van der Waals surface area contributed by atoms with Gasteiger partial charge >= 0.3 is 0 Å². The van der Waals surface area contributed by atoms with Gasteiger partial charge in [-0.2, -0.15) is 4.31 Å². The van der Waals surface area contributed by atoms with Gasteiger partial charge in [0.15, 0.2) is 0 Å². The van der Waals surface area contributed by atoms with Crippen LogP contribution in [0.4, 0.5) is 0 Å². The molecule has 1 heterocycles. The molecule has 1 saturated heterocycles. The molecule has 1 aromatic carbocycles. The van der Waals surface area contributed by atoms with E-state index in [9.17, 15) is 8.42 Å². The highest BCUT2D eigenvalue weighted by Gasteiger charge is 2.30. The quantitative estimate of drug-likeness (QED) is 0.864. The van der Waals surface area contributed by atoms with Crippen molar-refractivity contribution in [1.82, 2.24) is 9.62 Å². The highest BCUT2D eigenvalue weighted by Crippen LogP contribution is 2.27. The molecule has 0 bridgehead atoms. The average molecular weight is 340 g/mol. The van der Waals surface area contributed by atoms with Crippen LogP contribution in [0.2, 0.25) is 0 Å². The van der Waals surface area contributed by atoms with Gasteiger partial charge in [-0.1, -0.05) is 0 Å². The summed E-state index contributed by atoms with van der Waals surface area (Å²) in [5.41, 5.74) is 0.851. The standard InChI is InChI=1S/C17H28N2O3S/c1-13(2)22-17-8-7-16(10-14(17)3)23(20,21)19-9-5-6-15(12-19)11-18-4/h7-8,10,13,15,18H,5-6,9,11-12H2,1-4H3/t15-/m0/s1. The molecule has 2 rings (SSSR count). The van der Waals surface area contributed by atoms with Crippen LogP contribution in [0, 0.1) is 12.8 Å². The normalized spacial score (nSPS) is 20.0. The van der Waals surface area contributed by atoms with Crippen molar-refractivity contribution in [3.05, 3.63) is 23.8 Å². The monoisotopic (exact) mass is 340 g/mol. The number of nitrogens with zero attached hydrogens (tertiary/aromatic N) is 1. The van der Waals surface area contributed by atoms with Crippen molar-refractivity contribution in [2.24, 2.45) is 5.92 Å². The Kier molecular flexibility index (Phi) is 6.06. The lowest BCUT2D eigenvalue weighted by Gasteiger charge is -2.32. The number of rotatable bonds is 6. The Balaban J connectivity index is 2.20. The molecule has 0 aromatic heterocycles. The van der Waals surface area contributed by atoms with Gasteiger partial charge < -0.3 is 10.1 Å². The second-order valence-electron chi connectivity index (χ2n) is 6.52. The Morgan fingerprint density at radius 2 is 2.13 bits per heavy atom. The number of aryl methyl sites for hydroxylation is 1. The summed E-state index contributed by atoms with van der Waals surface area (Å²) in [5, 5.41) is 3.15. The SMILES string of the molecule is CNC[C@@H]1CCCN(S(=O)(=O)c2ccc(OC(C)C)c(C)c2)C1. The Labute approximate surface area is 140 Å². The van der Waals surface area contributed by atoms with Gasteiger partial charge in [0.2, 0.25) is 10.0 Å². The Morgan fingerprint density at radius 3 is 2.74 bits per heavy atom. The Bertz CT molecular complexity index is 627. The summed E-state index contributed by atoms with van der Waals surface area (Å²) >= 11 is 0. The number of hydrogen-bond acceptors (Lipinski definition) is 4. The van der Waals surface area contributed by atoms with E-state index >= 15 is 0 Å². The summed E-state index contributed by atoms with van der Waals surface area (Å²) in [4.78, 5) is 0.358. The molecule has 1 aliphatic rings. The third-order valence-electron chi connectivity index (χ3n) is 4.12. The molecule has 1 N–H and O–H groups in total. The molecular formula is C17H28N2O3S. The highest BCUT2D eigenvalue weighted by molar-refractivity contribution is 7.89. The van der Waals surface area contributed by atoms with Crippen LogP contribution in [0.5, 0.6) is 5.75 Å². The predicted molar refractivity (Wildman–Crippen MR) is 92.4 cm³/mol. The summed E-state index contributed by atoms with van der Waals surface area (Å²) in [7, 11) is -1.52. The van der Waals surface area contributed by atoms with Crippen molar-refractivity contribution in [2.45, 2.75) is 44.6 Å². The van der Waals surface area contributed by atoms with Crippen LogP contribution >= 0.6 is 0 Å². The van der Waals surface area contributed by atoms with E-state index in [2.05, 4.69) is 5.32 Å². The fourth-order valence-corrected chi connectivity index (χ4v) is 4.66. The maximum absolute atomic E-state index is 12.9. The first-order valence-electron chi connectivity index (χ1n) is 8.26. The van der Waals surface area contributed by atoms with Crippen molar-refractivity contribution in [2.75, 3.05) is 26.7 Å². The number of benzene rings is 1. The lowest BCUT2D eigenvalue weighted by molar-refractivity contribution is 0.240. The van der Waals surface area contributed by atoms with Crippen molar-refractivity contribution in [1.29, 1.82) is 0 Å². The number of nitrogens with one attached hydrogen (secondary N) is 1. The lowest BCUT2D eigenvalue weighted by Crippen LogP contribution is -2.42. The zero-order valence-corrected chi connectivity index (χ0v) is 15.3. The number of piperidine rings is 1. The van der Waals surface area contributed by atoms with E-state index < -0.39 is 10.0 Å². The zero-order chi connectivity index (χ0) is 17.0. The topological polar surface area (TPSA) is 58.6 Å². The molecular weight excluding hydrogens is 312 g/mol. The summed E-state index contributed by atoms with van der Waals surface area (Å²) in [6, 6.07) is 5.13. The van der Waals surface area contributed by atoms with Crippen molar-refractivity contribution in [3.63, 3.8) is 0 Å². The Morgan fingerprint density at radius 1 is 1.39 bits per heavy atom. The smallest absolute Gasteiger partial charge is 0.243 e. The molecule has 0 amide bonds. The van der Waals surface area contributed by atoms with Gasteiger partial charge in [-0.25, -0.2) is 8.42 Å². The van der Waals surface area contributed by atoms with Crippen LogP contribution in [-0.2, 0) is 10.0 Å². The van der Waals surface area contributed by atoms with Gasteiger partial charge in [0, 0.05) is 13.1 Å². The van der Waals surface area contributed by atoms with E-state index in [-0.39, 0.29) is 6.10 Å². The van der Waals surface area contributed by atoms with E-state index in [0.717, 1.165) is 30.7 Å². The van der Waals surface area contributed by atoms with Gasteiger partial charge in [0.25, 0.3) is 0 Å². The van der Waals surface area contributed by atoms with Crippen LogP contribution in [0.1, 0.15) is 32.3 Å². The maximum Gasteiger partial charge on any atom is 0.243 e. The first kappa shape index (κ1) is 18.2. The van der Waals surface area contributed by atoms with Crippen LogP contribution < -0.4 is 10.1 Å². The van der Waals surface area contributed by atoms with Crippen molar-refractivity contribution < 1.29 is 13.2 Å². The van der Waals surface area contributed by atoms with Crippen LogP contribution in [0.25, 0.3) is 0 Å². The van der Waals surface area contributed by atoms with Crippen molar-refractivity contribution >= 4 is 10.0 Å². The molecule has 1 aromatic rings. The van der Waals surface area contributed by atoms with Gasteiger partial charge in [0.1, 0.15) is 5.75 Å². The summed E-state index contributed by atoms with van der Waals surface area (Å²) in [5.74, 6) is 1.12. The fourth-order valence-electron chi connectivity index (χ4n) is 3.02. The van der Waals surface area contributed by atoms with Gasteiger partial charge in [-0.05, 0) is 76.9 Å². The van der Waals surface area contributed by atoms with Crippen LogP contribution in [-0.4, -0.2) is 45.5 Å². The van der Waals surface area contributed by atoms with E-state index in [1.807, 2.05) is 27.8 Å². The van der Waals surface area contributed by atoms with Gasteiger partial charge in [-0.15, -0.1) is 0 Å². The molecule has 23 heavy (non-hydrogen) atoms. The summed E-state index contributed by atoms with van der Waals surface area (Å²) < 4.78 is 33.1. The molecule has 1 fully saturated rings. The minimum Gasteiger partial charge on any atom is -0.491 e. The minimum absolute atomic E-state index is 0.0700. The third-order valence-corrected chi connectivity index (χ3v) is 5.98. The van der Waals surface area contributed by atoms with Gasteiger partial charge in [-0.3, -0.25) is 0 Å². The minimum atomic E-state index is -3.43. The molecule has 130 valence electrons. The van der Waals surface area contributed by atoms with Crippen LogP contribution in [0.3, 0.4) is 0 Å². The van der Waals surface area contributed by atoms with Crippen molar-refractivity contribution in [3.8, 4) is 5.75 Å². The summed E-state index contributed by atoms with van der Waals surface area (Å²) in [6.45, 7) is 7.85. The second kappa shape index (κ2) is 7.64. The number of ether oxygens (including phenoxy) is 1. The predicted octanol–water partition coefficient (Wildman–Crippen LogP) is 2.40. The number of hydrogen-bond donors (Lipinski definition) is 1. The maximum atomic E-state index is 12.9. The molecule has 0 saturated carbocycles. The molecule has 0 aliphatic carbocycles. The molecule has 5 nitrogen and oxygen atoms in total. The lowest BCUT2D eigenvalue weighted by atomic mass is 10.00.